The van der Waals surface area contributed by atoms with Crippen molar-refractivity contribution in [1.29, 1.82) is 0 Å². The summed E-state index contributed by atoms with van der Waals surface area (Å²) in [5.74, 6) is -0.219. The van der Waals surface area contributed by atoms with E-state index in [1.54, 1.807) is 6.92 Å². The number of piperazine rings is 1. The average molecular weight is 415 g/mol. The van der Waals surface area contributed by atoms with Crippen LogP contribution in [0, 0.1) is 5.82 Å². The Bertz CT molecular complexity index is 803. The topological polar surface area (TPSA) is 48.1 Å². The Labute approximate surface area is 178 Å². The van der Waals surface area contributed by atoms with E-state index < -0.39 is 6.09 Å². The molecule has 2 aromatic carbocycles. The van der Waals surface area contributed by atoms with Gasteiger partial charge in [-0.2, -0.15) is 0 Å². The lowest BCUT2D eigenvalue weighted by Gasteiger charge is -2.40. The first kappa shape index (κ1) is 21.9. The third-order valence-corrected chi connectivity index (χ3v) is 5.46. The number of anilines is 2. The van der Waals surface area contributed by atoms with Gasteiger partial charge < -0.3 is 19.9 Å². The predicted octanol–water partition coefficient (Wildman–Crippen LogP) is 3.50. The lowest BCUT2D eigenvalue weighted by molar-refractivity contribution is 0.140. The molecular weight excluding hydrogens is 383 g/mol. The van der Waals surface area contributed by atoms with Crippen LogP contribution < -0.4 is 15.1 Å². The normalized spacial score (nSPS) is 15.5. The first-order valence-electron chi connectivity index (χ1n) is 10.4. The van der Waals surface area contributed by atoms with Gasteiger partial charge in [-0.15, -0.1) is 0 Å². The highest BCUT2D eigenvalue weighted by Gasteiger charge is 2.26. The summed E-state index contributed by atoms with van der Waals surface area (Å²) in [5, 5.41) is 2.90. The molecular formula is C23H31FN4O2. The molecule has 0 radical (unpaired) electrons. The molecule has 30 heavy (non-hydrogen) atoms. The molecule has 0 bridgehead atoms. The fourth-order valence-corrected chi connectivity index (χ4v) is 3.76. The molecule has 1 aliphatic rings. The second kappa shape index (κ2) is 10.3. The summed E-state index contributed by atoms with van der Waals surface area (Å²) in [7, 11) is 4.03. The van der Waals surface area contributed by atoms with E-state index >= 15 is 0 Å². The Morgan fingerprint density at radius 1 is 1.07 bits per heavy atom. The number of hydrogen-bond acceptors (Lipinski definition) is 5. The molecule has 1 unspecified atom stereocenters. The second-order valence-corrected chi connectivity index (χ2v) is 7.60. The minimum Gasteiger partial charge on any atom is -0.450 e. The third-order valence-electron chi connectivity index (χ3n) is 5.46. The number of carbonyl (C=O) groups is 1. The molecule has 0 saturated carbocycles. The molecule has 6 nitrogen and oxygen atoms in total. The van der Waals surface area contributed by atoms with Crippen molar-refractivity contribution >= 4 is 17.5 Å². The quantitative estimate of drug-likeness (QED) is 0.752. The van der Waals surface area contributed by atoms with Crippen LogP contribution in [0.1, 0.15) is 18.5 Å². The molecule has 7 heteroatoms. The van der Waals surface area contributed by atoms with Crippen molar-refractivity contribution < 1.29 is 13.9 Å². The first-order chi connectivity index (χ1) is 14.5. The van der Waals surface area contributed by atoms with E-state index in [9.17, 15) is 9.18 Å². The Balaban J connectivity index is 1.70. The largest absolute Gasteiger partial charge is 0.450 e. The van der Waals surface area contributed by atoms with Crippen LogP contribution in [0.2, 0.25) is 0 Å². The molecule has 1 atom stereocenters. The number of rotatable bonds is 7. The van der Waals surface area contributed by atoms with Crippen molar-refractivity contribution in [3.05, 3.63) is 59.9 Å². The Morgan fingerprint density at radius 2 is 1.70 bits per heavy atom. The summed E-state index contributed by atoms with van der Waals surface area (Å²) in [5.41, 5.74) is 3.33. The molecule has 2 aromatic rings. The van der Waals surface area contributed by atoms with Gasteiger partial charge in [0.2, 0.25) is 0 Å². The fourth-order valence-electron chi connectivity index (χ4n) is 3.76. The monoisotopic (exact) mass is 414 g/mol. The SMILES string of the molecule is CCOC(=O)NCC(c1ccc(N(C)C)cc1)N1CCN(c2ccc(F)cc2)CC1. The van der Waals surface area contributed by atoms with E-state index in [1.807, 2.05) is 26.2 Å². The predicted molar refractivity (Wildman–Crippen MR) is 119 cm³/mol. The van der Waals surface area contributed by atoms with Crippen molar-refractivity contribution in [2.45, 2.75) is 13.0 Å². The highest BCUT2D eigenvalue weighted by molar-refractivity contribution is 5.67. The third kappa shape index (κ3) is 5.63. The molecule has 0 aromatic heterocycles. The van der Waals surface area contributed by atoms with Gasteiger partial charge in [-0.05, 0) is 48.9 Å². The van der Waals surface area contributed by atoms with Crippen molar-refractivity contribution in [2.24, 2.45) is 0 Å². The van der Waals surface area contributed by atoms with Gasteiger partial charge in [0.05, 0.1) is 12.6 Å². The van der Waals surface area contributed by atoms with Crippen LogP contribution in [0.5, 0.6) is 0 Å². The number of hydrogen-bond donors (Lipinski definition) is 1. The van der Waals surface area contributed by atoms with E-state index in [0.29, 0.717) is 13.2 Å². The number of amides is 1. The summed E-state index contributed by atoms with van der Waals surface area (Å²) in [6, 6.07) is 15.2. The smallest absolute Gasteiger partial charge is 0.407 e. The zero-order chi connectivity index (χ0) is 21.5. The van der Waals surface area contributed by atoms with Gasteiger partial charge in [-0.3, -0.25) is 4.90 Å². The number of carbonyl (C=O) groups excluding carboxylic acids is 1. The van der Waals surface area contributed by atoms with Gasteiger partial charge in [0.1, 0.15) is 5.82 Å². The van der Waals surface area contributed by atoms with E-state index in [2.05, 4.69) is 44.3 Å². The number of benzene rings is 2. The van der Waals surface area contributed by atoms with Crippen molar-refractivity contribution in [3.8, 4) is 0 Å². The lowest BCUT2D eigenvalue weighted by Crippen LogP contribution is -2.50. The van der Waals surface area contributed by atoms with Crippen molar-refractivity contribution in [3.63, 3.8) is 0 Å². The van der Waals surface area contributed by atoms with Crippen LogP contribution in [0.3, 0.4) is 0 Å². The summed E-state index contributed by atoms with van der Waals surface area (Å²) in [6.07, 6.45) is -0.391. The lowest BCUT2D eigenvalue weighted by atomic mass is 10.0. The van der Waals surface area contributed by atoms with Gasteiger partial charge in [-0.25, -0.2) is 9.18 Å². The van der Waals surface area contributed by atoms with Crippen LogP contribution in [-0.4, -0.2) is 64.4 Å². The highest BCUT2D eigenvalue weighted by atomic mass is 19.1. The number of nitrogens with zero attached hydrogens (tertiary/aromatic N) is 3. The summed E-state index contributed by atoms with van der Waals surface area (Å²) < 4.78 is 18.3. The fraction of sp³-hybridized carbons (Fsp3) is 0.435. The van der Waals surface area contributed by atoms with Gasteiger partial charge in [0.15, 0.2) is 0 Å². The standard InChI is InChI=1S/C23H31FN4O2/c1-4-30-23(29)25-17-22(18-5-9-20(10-6-18)26(2)3)28-15-13-27(14-16-28)21-11-7-19(24)8-12-21/h5-12,22H,4,13-17H2,1-3H3,(H,25,29). The molecule has 0 aliphatic carbocycles. The first-order valence-corrected chi connectivity index (χ1v) is 10.4. The van der Waals surface area contributed by atoms with Crippen LogP contribution >= 0.6 is 0 Å². The number of alkyl carbamates (subject to hydrolysis) is 1. The van der Waals surface area contributed by atoms with Crippen LogP contribution in [0.4, 0.5) is 20.6 Å². The van der Waals surface area contributed by atoms with Gasteiger partial charge in [0.25, 0.3) is 0 Å². The molecule has 1 amide bonds. The van der Waals surface area contributed by atoms with Gasteiger partial charge in [-0.1, -0.05) is 12.1 Å². The van der Waals surface area contributed by atoms with Crippen molar-refractivity contribution in [2.75, 3.05) is 63.2 Å². The molecule has 1 N–H and O–H groups in total. The van der Waals surface area contributed by atoms with Crippen LogP contribution in [-0.2, 0) is 4.74 Å². The number of halogens is 1. The molecule has 3 rings (SSSR count). The maximum atomic E-state index is 13.2. The molecule has 1 aliphatic heterocycles. The molecule has 1 saturated heterocycles. The maximum absolute atomic E-state index is 13.2. The minimum absolute atomic E-state index is 0.0565. The van der Waals surface area contributed by atoms with E-state index in [4.69, 9.17) is 4.74 Å². The molecule has 162 valence electrons. The Hall–Kier alpha value is -2.80. The Morgan fingerprint density at radius 3 is 2.27 bits per heavy atom. The molecule has 1 heterocycles. The van der Waals surface area contributed by atoms with Crippen molar-refractivity contribution in [1.82, 2.24) is 10.2 Å². The van der Waals surface area contributed by atoms with E-state index in [1.165, 1.54) is 12.1 Å². The van der Waals surface area contributed by atoms with E-state index in [0.717, 1.165) is 43.1 Å². The summed E-state index contributed by atoms with van der Waals surface area (Å²) >= 11 is 0. The maximum Gasteiger partial charge on any atom is 0.407 e. The summed E-state index contributed by atoms with van der Waals surface area (Å²) in [6.45, 7) is 6.02. The van der Waals surface area contributed by atoms with Crippen LogP contribution in [0.15, 0.2) is 48.5 Å². The van der Waals surface area contributed by atoms with Gasteiger partial charge in [0, 0.05) is 58.2 Å². The number of nitrogens with one attached hydrogen (secondary N) is 1. The van der Waals surface area contributed by atoms with Gasteiger partial charge >= 0.3 is 6.09 Å². The average Bonchev–Trinajstić information content (AvgIpc) is 2.75. The van der Waals surface area contributed by atoms with Crippen LogP contribution in [0.25, 0.3) is 0 Å². The zero-order valence-corrected chi connectivity index (χ0v) is 18.0. The highest BCUT2D eigenvalue weighted by Crippen LogP contribution is 2.26. The summed E-state index contributed by atoms with van der Waals surface area (Å²) in [4.78, 5) is 18.6. The molecule has 1 fully saturated rings. The zero-order valence-electron chi connectivity index (χ0n) is 18.0. The van der Waals surface area contributed by atoms with E-state index in [-0.39, 0.29) is 11.9 Å². The Kier molecular flexibility index (Phi) is 7.52. The molecule has 0 spiro atoms. The number of ether oxygens (including phenoxy) is 1. The second-order valence-electron chi connectivity index (χ2n) is 7.60. The minimum atomic E-state index is -0.391.